The van der Waals surface area contributed by atoms with Crippen molar-refractivity contribution in [3.05, 3.63) is 78.4 Å². The summed E-state index contributed by atoms with van der Waals surface area (Å²) in [7, 11) is 3.75. The van der Waals surface area contributed by atoms with Crippen molar-refractivity contribution in [2.24, 2.45) is 0 Å². The van der Waals surface area contributed by atoms with Crippen LogP contribution in [-0.2, 0) is 9.09 Å². The average molecular weight is 509 g/mol. The predicted octanol–water partition coefficient (Wildman–Crippen LogP) is 6.83. The maximum atomic E-state index is 15.3. The highest BCUT2D eigenvalue weighted by atomic mass is 31.2. The summed E-state index contributed by atoms with van der Waals surface area (Å²) in [6, 6.07) is 23.4. The molecule has 0 aromatic heterocycles. The van der Waals surface area contributed by atoms with Gasteiger partial charge >= 0.3 is 0 Å². The largest absolute Gasteiger partial charge is 0.493 e. The maximum absolute atomic E-state index is 15.3. The van der Waals surface area contributed by atoms with Gasteiger partial charge in [-0.05, 0) is 66.9 Å². The molecule has 1 aliphatic carbocycles. The topological polar surface area (TPSA) is 60.0 Å². The van der Waals surface area contributed by atoms with Gasteiger partial charge in [0.05, 0.1) is 20.3 Å². The highest BCUT2D eigenvalue weighted by Gasteiger charge is 2.40. The van der Waals surface area contributed by atoms with Crippen LogP contribution in [0.25, 0.3) is 0 Å². The molecule has 36 heavy (non-hydrogen) atoms. The molecule has 0 spiro atoms. The number of rotatable bonds is 10. The standard InChI is InChI=1S/C29H37N2O4P/c1-31(2)24-16-18-26(19-17-24)36(32,35-25-13-9-6-10-14-25)29(30-23-11-7-5-8-12-23)22-15-20-27(33-3)28(21-22)34-4/h5,7-8,11-12,15-21,25,29-30H,6,9-10,13-14H2,1-4H3/t29-,36-/m1/s1. The first-order valence-corrected chi connectivity index (χ1v) is 14.2. The van der Waals surface area contributed by atoms with Crippen LogP contribution < -0.4 is 25.0 Å². The van der Waals surface area contributed by atoms with Crippen LogP contribution in [0.4, 0.5) is 11.4 Å². The predicted molar refractivity (Wildman–Crippen MR) is 148 cm³/mol. The smallest absolute Gasteiger partial charge is 0.258 e. The molecule has 0 amide bonds. The van der Waals surface area contributed by atoms with Gasteiger partial charge in [-0.1, -0.05) is 43.5 Å². The normalized spacial score (nSPS) is 16.6. The Hall–Kier alpha value is -2.95. The number of anilines is 2. The molecule has 0 heterocycles. The number of methoxy groups -OCH3 is 2. The molecule has 1 N–H and O–H groups in total. The van der Waals surface area contributed by atoms with E-state index in [-0.39, 0.29) is 6.10 Å². The van der Waals surface area contributed by atoms with Crippen LogP contribution in [0.3, 0.4) is 0 Å². The summed E-state index contributed by atoms with van der Waals surface area (Å²) in [6.45, 7) is 0. The van der Waals surface area contributed by atoms with E-state index in [4.69, 9.17) is 14.0 Å². The first-order chi connectivity index (χ1) is 17.4. The van der Waals surface area contributed by atoms with Crippen molar-refractivity contribution in [2.45, 2.75) is 44.0 Å². The first-order valence-electron chi connectivity index (χ1n) is 12.5. The molecular formula is C29H37N2O4P. The van der Waals surface area contributed by atoms with Crippen molar-refractivity contribution in [3.63, 3.8) is 0 Å². The molecule has 1 saturated carbocycles. The minimum Gasteiger partial charge on any atom is -0.493 e. The minimum absolute atomic E-state index is 0.0432. The monoisotopic (exact) mass is 508 g/mol. The van der Waals surface area contributed by atoms with Crippen molar-refractivity contribution in [3.8, 4) is 11.5 Å². The Morgan fingerprint density at radius 3 is 2.14 bits per heavy atom. The van der Waals surface area contributed by atoms with Crippen LogP contribution in [0.15, 0.2) is 72.8 Å². The third kappa shape index (κ3) is 5.88. The van der Waals surface area contributed by atoms with Crippen LogP contribution in [0.1, 0.15) is 43.5 Å². The van der Waals surface area contributed by atoms with Crippen molar-refractivity contribution >= 4 is 24.0 Å². The fraction of sp³-hybridized carbons (Fsp3) is 0.379. The zero-order valence-electron chi connectivity index (χ0n) is 21.6. The first kappa shape index (κ1) is 26.1. The summed E-state index contributed by atoms with van der Waals surface area (Å²) in [5.74, 6) is 0.590. The third-order valence-corrected chi connectivity index (χ3v) is 9.46. The molecule has 0 saturated heterocycles. The summed E-state index contributed by atoms with van der Waals surface area (Å²) in [5, 5.41) is 4.25. The molecule has 1 fully saturated rings. The van der Waals surface area contributed by atoms with Gasteiger partial charge in [-0.25, -0.2) is 0 Å². The lowest BCUT2D eigenvalue weighted by molar-refractivity contribution is 0.159. The average Bonchev–Trinajstić information content (AvgIpc) is 2.92. The van der Waals surface area contributed by atoms with Gasteiger partial charge in [-0.3, -0.25) is 4.57 Å². The maximum Gasteiger partial charge on any atom is 0.258 e. The summed E-state index contributed by atoms with van der Waals surface area (Å²) in [5.41, 5.74) is 2.73. The molecule has 6 nitrogen and oxygen atoms in total. The number of nitrogens with one attached hydrogen (secondary N) is 1. The molecule has 0 unspecified atom stereocenters. The van der Waals surface area contributed by atoms with E-state index in [1.165, 1.54) is 6.42 Å². The lowest BCUT2D eigenvalue weighted by atomic mass is 9.98. The number of nitrogens with zero attached hydrogens (tertiary/aromatic N) is 1. The van der Waals surface area contributed by atoms with Gasteiger partial charge in [-0.2, -0.15) is 0 Å². The van der Waals surface area contributed by atoms with E-state index < -0.39 is 13.2 Å². The van der Waals surface area contributed by atoms with E-state index in [1.54, 1.807) is 14.2 Å². The molecule has 2 atom stereocenters. The van der Waals surface area contributed by atoms with E-state index in [0.29, 0.717) is 16.8 Å². The summed E-state index contributed by atoms with van der Waals surface area (Å²) < 4.78 is 33.0. The third-order valence-electron chi connectivity index (χ3n) is 6.72. The van der Waals surface area contributed by atoms with Gasteiger partial charge in [0.2, 0.25) is 0 Å². The Balaban J connectivity index is 1.85. The lowest BCUT2D eigenvalue weighted by Gasteiger charge is -2.34. The quantitative estimate of drug-likeness (QED) is 0.303. The van der Waals surface area contributed by atoms with Crippen molar-refractivity contribution < 1.29 is 18.6 Å². The van der Waals surface area contributed by atoms with E-state index >= 15 is 4.57 Å². The Morgan fingerprint density at radius 1 is 0.861 bits per heavy atom. The highest BCUT2D eigenvalue weighted by Crippen LogP contribution is 2.61. The van der Waals surface area contributed by atoms with E-state index in [0.717, 1.165) is 42.6 Å². The zero-order chi connectivity index (χ0) is 25.5. The molecule has 3 aromatic carbocycles. The second kappa shape index (κ2) is 11.9. The summed E-state index contributed by atoms with van der Waals surface area (Å²) in [4.78, 5) is 2.03. The van der Waals surface area contributed by atoms with Crippen molar-refractivity contribution in [1.82, 2.24) is 0 Å². The van der Waals surface area contributed by atoms with Crippen molar-refractivity contribution in [1.29, 1.82) is 0 Å². The number of ether oxygens (including phenoxy) is 2. The Kier molecular flexibility index (Phi) is 8.60. The zero-order valence-corrected chi connectivity index (χ0v) is 22.5. The SMILES string of the molecule is COc1ccc([C@H](Nc2ccccc2)[P@](=O)(OC2CCCCC2)c2ccc(N(C)C)cc2)cc1OC. The van der Waals surface area contributed by atoms with Crippen LogP contribution in [0.2, 0.25) is 0 Å². The minimum atomic E-state index is -3.47. The van der Waals surface area contributed by atoms with E-state index in [9.17, 15) is 0 Å². The summed E-state index contributed by atoms with van der Waals surface area (Å²) in [6.07, 6.45) is 5.18. The number of para-hydroxylation sites is 1. The molecule has 1 aliphatic rings. The summed E-state index contributed by atoms with van der Waals surface area (Å²) >= 11 is 0. The van der Waals surface area contributed by atoms with Gasteiger partial charge in [0.1, 0.15) is 5.78 Å². The molecule has 3 aromatic rings. The Labute approximate surface area is 215 Å². The number of hydrogen-bond acceptors (Lipinski definition) is 6. The molecular weight excluding hydrogens is 471 g/mol. The fourth-order valence-corrected chi connectivity index (χ4v) is 7.33. The van der Waals surface area contributed by atoms with E-state index in [1.807, 2.05) is 91.8 Å². The Morgan fingerprint density at radius 2 is 1.53 bits per heavy atom. The van der Waals surface area contributed by atoms with Gasteiger partial charge in [0, 0.05) is 30.8 Å². The molecule has 0 radical (unpaired) electrons. The Bertz CT molecular complexity index is 1160. The molecule has 192 valence electrons. The highest BCUT2D eigenvalue weighted by molar-refractivity contribution is 7.67. The second-order valence-corrected chi connectivity index (χ2v) is 11.8. The van der Waals surface area contributed by atoms with Crippen LogP contribution in [0.5, 0.6) is 11.5 Å². The van der Waals surface area contributed by atoms with Gasteiger partial charge in [0.15, 0.2) is 11.5 Å². The number of hydrogen-bond donors (Lipinski definition) is 1. The number of benzene rings is 3. The second-order valence-electron chi connectivity index (χ2n) is 9.40. The lowest BCUT2D eigenvalue weighted by Crippen LogP contribution is -2.25. The van der Waals surface area contributed by atoms with Crippen molar-refractivity contribution in [2.75, 3.05) is 38.5 Å². The van der Waals surface area contributed by atoms with Gasteiger partial charge in [0.25, 0.3) is 7.37 Å². The molecule has 0 bridgehead atoms. The van der Waals surface area contributed by atoms with E-state index in [2.05, 4.69) is 5.32 Å². The van der Waals surface area contributed by atoms with Crippen LogP contribution in [-0.4, -0.2) is 34.4 Å². The van der Waals surface area contributed by atoms with Crippen LogP contribution in [0, 0.1) is 0 Å². The van der Waals surface area contributed by atoms with Gasteiger partial charge < -0.3 is 24.2 Å². The van der Waals surface area contributed by atoms with Gasteiger partial charge in [-0.15, -0.1) is 0 Å². The molecule has 7 heteroatoms. The molecule has 0 aliphatic heterocycles. The molecule has 4 rings (SSSR count). The van der Waals surface area contributed by atoms with Crippen LogP contribution >= 0.6 is 7.37 Å². The fourth-order valence-electron chi connectivity index (χ4n) is 4.70.